The Bertz CT molecular complexity index is 140. The van der Waals surface area contributed by atoms with Gasteiger partial charge in [0.1, 0.15) is 0 Å². The summed E-state index contributed by atoms with van der Waals surface area (Å²) in [5.41, 5.74) is 0. The van der Waals surface area contributed by atoms with Gasteiger partial charge in [-0.25, -0.2) is 0 Å². The van der Waals surface area contributed by atoms with Gasteiger partial charge < -0.3 is 25.5 Å². The molecule has 0 aliphatic rings. The van der Waals surface area contributed by atoms with Crippen molar-refractivity contribution in [2.24, 2.45) is 0 Å². The fourth-order valence-electron chi connectivity index (χ4n) is 1.68. The monoisotopic (exact) mass is 248 g/mol. The summed E-state index contributed by atoms with van der Waals surface area (Å²) < 4.78 is 0. The Morgan fingerprint density at radius 2 is 1.12 bits per heavy atom. The average Bonchev–Trinajstić information content (AvgIpc) is 2.35. The normalized spacial score (nSPS) is 11.3. The zero-order chi connectivity index (χ0) is 12.8. The number of nitrogens with one attached hydrogen (secondary N) is 1. The molecule has 17 heavy (non-hydrogen) atoms. The zero-order valence-electron chi connectivity index (χ0n) is 10.8. The summed E-state index contributed by atoms with van der Waals surface area (Å²) in [6.07, 6.45) is 3.45. The highest BCUT2D eigenvalue weighted by atomic mass is 16.3. The van der Waals surface area contributed by atoms with Crippen LogP contribution in [0.25, 0.3) is 0 Å². The fourth-order valence-corrected chi connectivity index (χ4v) is 1.68. The number of aliphatic hydroxyl groups excluding tert-OH is 3. The van der Waals surface area contributed by atoms with Gasteiger partial charge in [-0.2, -0.15) is 0 Å². The van der Waals surface area contributed by atoms with Crippen LogP contribution in [-0.2, 0) is 0 Å². The molecular formula is C12H28N2O3. The van der Waals surface area contributed by atoms with E-state index < -0.39 is 0 Å². The van der Waals surface area contributed by atoms with Crippen molar-refractivity contribution in [1.29, 1.82) is 0 Å². The average molecular weight is 248 g/mol. The highest BCUT2D eigenvalue weighted by Crippen LogP contribution is 1.96. The molecule has 0 amide bonds. The van der Waals surface area contributed by atoms with Gasteiger partial charge in [-0.3, -0.25) is 0 Å². The first-order valence-electron chi connectivity index (χ1n) is 6.60. The largest absolute Gasteiger partial charge is 0.396 e. The smallest absolute Gasteiger partial charge is 0.0443 e. The number of hydrogen-bond acceptors (Lipinski definition) is 5. The molecule has 0 atom stereocenters. The van der Waals surface area contributed by atoms with Crippen molar-refractivity contribution in [1.82, 2.24) is 10.2 Å². The Kier molecular flexibility index (Phi) is 13.7. The van der Waals surface area contributed by atoms with Crippen LogP contribution in [0.3, 0.4) is 0 Å². The molecule has 0 unspecified atom stereocenters. The summed E-state index contributed by atoms with van der Waals surface area (Å²) in [7, 11) is 0. The second-order valence-electron chi connectivity index (χ2n) is 4.18. The number of aliphatic hydroxyl groups is 3. The van der Waals surface area contributed by atoms with Gasteiger partial charge in [0.15, 0.2) is 0 Å². The third kappa shape index (κ3) is 12.1. The molecule has 0 fully saturated rings. The van der Waals surface area contributed by atoms with E-state index in [9.17, 15) is 0 Å². The van der Waals surface area contributed by atoms with Gasteiger partial charge in [0.25, 0.3) is 0 Å². The zero-order valence-corrected chi connectivity index (χ0v) is 10.8. The van der Waals surface area contributed by atoms with Gasteiger partial charge in [0.05, 0.1) is 0 Å². The van der Waals surface area contributed by atoms with Crippen LogP contribution in [0, 0.1) is 0 Å². The Morgan fingerprint density at radius 3 is 1.65 bits per heavy atom. The maximum absolute atomic E-state index is 8.80. The Hall–Kier alpha value is -0.200. The fraction of sp³-hybridized carbons (Fsp3) is 1.00. The molecule has 0 aromatic rings. The minimum atomic E-state index is 0.227. The van der Waals surface area contributed by atoms with Crippen LogP contribution in [0.5, 0.6) is 0 Å². The molecule has 0 bridgehead atoms. The first-order chi connectivity index (χ1) is 8.35. The van der Waals surface area contributed by atoms with Crippen LogP contribution in [0.15, 0.2) is 0 Å². The molecule has 0 aliphatic heterocycles. The van der Waals surface area contributed by atoms with Gasteiger partial charge in [-0.15, -0.1) is 0 Å². The summed E-state index contributed by atoms with van der Waals surface area (Å²) in [5.74, 6) is 0. The summed E-state index contributed by atoms with van der Waals surface area (Å²) >= 11 is 0. The predicted molar refractivity (Wildman–Crippen MR) is 69.0 cm³/mol. The van der Waals surface area contributed by atoms with Crippen LogP contribution in [0.2, 0.25) is 0 Å². The number of nitrogens with zero attached hydrogens (tertiary/aromatic N) is 1. The Balaban J connectivity index is 3.45. The van der Waals surface area contributed by atoms with E-state index in [1.807, 2.05) is 0 Å². The molecule has 0 heterocycles. The SMILES string of the molecule is OCCCNCCCN(CCCO)CCCO. The first kappa shape index (κ1) is 16.8. The molecule has 104 valence electrons. The third-order valence-corrected chi connectivity index (χ3v) is 2.60. The molecule has 0 aromatic heterocycles. The molecule has 0 radical (unpaired) electrons. The van der Waals surface area contributed by atoms with Crippen LogP contribution >= 0.6 is 0 Å². The van der Waals surface area contributed by atoms with E-state index in [4.69, 9.17) is 15.3 Å². The number of rotatable bonds is 13. The van der Waals surface area contributed by atoms with Crippen molar-refractivity contribution < 1.29 is 15.3 Å². The maximum Gasteiger partial charge on any atom is 0.0443 e. The molecule has 0 aliphatic carbocycles. The molecule has 0 saturated heterocycles. The summed E-state index contributed by atoms with van der Waals surface area (Å²) in [5, 5.41) is 29.5. The predicted octanol–water partition coefficient (Wildman–Crippen LogP) is -0.585. The molecule has 0 aromatic carbocycles. The molecule has 0 spiro atoms. The van der Waals surface area contributed by atoms with Gasteiger partial charge >= 0.3 is 0 Å². The van der Waals surface area contributed by atoms with Crippen LogP contribution in [0.1, 0.15) is 25.7 Å². The molecule has 4 N–H and O–H groups in total. The lowest BCUT2D eigenvalue weighted by atomic mass is 10.3. The minimum absolute atomic E-state index is 0.227. The van der Waals surface area contributed by atoms with Crippen molar-refractivity contribution in [3.63, 3.8) is 0 Å². The molecular weight excluding hydrogens is 220 g/mol. The van der Waals surface area contributed by atoms with E-state index in [0.717, 1.165) is 58.4 Å². The van der Waals surface area contributed by atoms with Crippen molar-refractivity contribution in [2.75, 3.05) is 52.5 Å². The number of hydrogen-bond donors (Lipinski definition) is 4. The van der Waals surface area contributed by atoms with E-state index in [1.165, 1.54) is 0 Å². The Morgan fingerprint density at radius 1 is 0.647 bits per heavy atom. The van der Waals surface area contributed by atoms with Crippen molar-refractivity contribution >= 4 is 0 Å². The second kappa shape index (κ2) is 13.9. The van der Waals surface area contributed by atoms with E-state index in [2.05, 4.69) is 10.2 Å². The standard InChI is InChI=1S/C12H28N2O3/c15-10-2-6-13-5-1-7-14(8-3-11-16)9-4-12-17/h13,15-17H,1-12H2. The second-order valence-corrected chi connectivity index (χ2v) is 4.18. The molecule has 5 heteroatoms. The highest BCUT2D eigenvalue weighted by Gasteiger charge is 2.03. The van der Waals surface area contributed by atoms with E-state index in [1.54, 1.807) is 0 Å². The van der Waals surface area contributed by atoms with Crippen LogP contribution in [-0.4, -0.2) is 72.8 Å². The summed E-state index contributed by atoms with van der Waals surface area (Å²) in [6, 6.07) is 0. The topological polar surface area (TPSA) is 76.0 Å². The Labute approximate surface area is 104 Å². The van der Waals surface area contributed by atoms with Crippen molar-refractivity contribution in [2.45, 2.75) is 25.7 Å². The van der Waals surface area contributed by atoms with E-state index >= 15 is 0 Å². The summed E-state index contributed by atoms with van der Waals surface area (Å²) in [6.45, 7) is 5.30. The van der Waals surface area contributed by atoms with Gasteiger partial charge in [0.2, 0.25) is 0 Å². The van der Waals surface area contributed by atoms with E-state index in [-0.39, 0.29) is 19.8 Å². The summed E-state index contributed by atoms with van der Waals surface area (Å²) in [4.78, 5) is 2.28. The lowest BCUT2D eigenvalue weighted by Gasteiger charge is -2.21. The van der Waals surface area contributed by atoms with Crippen LogP contribution in [0.4, 0.5) is 0 Å². The third-order valence-electron chi connectivity index (χ3n) is 2.60. The molecule has 5 nitrogen and oxygen atoms in total. The van der Waals surface area contributed by atoms with Crippen molar-refractivity contribution in [3.05, 3.63) is 0 Å². The van der Waals surface area contributed by atoms with Gasteiger partial charge in [0, 0.05) is 32.9 Å². The van der Waals surface area contributed by atoms with Gasteiger partial charge in [-0.05, 0) is 45.3 Å². The minimum Gasteiger partial charge on any atom is -0.396 e. The maximum atomic E-state index is 8.80. The lowest BCUT2D eigenvalue weighted by Crippen LogP contribution is -2.30. The van der Waals surface area contributed by atoms with Gasteiger partial charge in [-0.1, -0.05) is 0 Å². The van der Waals surface area contributed by atoms with Crippen LogP contribution < -0.4 is 5.32 Å². The quantitative estimate of drug-likeness (QED) is 0.328. The lowest BCUT2D eigenvalue weighted by molar-refractivity contribution is 0.200. The van der Waals surface area contributed by atoms with Crippen molar-refractivity contribution in [3.8, 4) is 0 Å². The molecule has 0 saturated carbocycles. The highest BCUT2D eigenvalue weighted by molar-refractivity contribution is 4.59. The molecule has 0 rings (SSSR count). The first-order valence-corrected chi connectivity index (χ1v) is 6.60. The van der Waals surface area contributed by atoms with E-state index in [0.29, 0.717) is 0 Å².